The molecule has 100 valence electrons. The summed E-state index contributed by atoms with van der Waals surface area (Å²) in [5.74, 6) is 0. The lowest BCUT2D eigenvalue weighted by Gasteiger charge is -2.26. The van der Waals surface area contributed by atoms with E-state index in [1.807, 2.05) is 18.2 Å². The standard InChI is InChI=1S/C17H15BrN2/c18-15-11-13(12-19)8-9-17(15)20-10-4-3-6-14-5-1-2-7-16(14)20/h1-2,5,7-9,11H,3-4,6,10H2. The first kappa shape index (κ1) is 13.2. The highest BCUT2D eigenvalue weighted by Gasteiger charge is 2.18. The normalized spacial score (nSPS) is 14.3. The van der Waals surface area contributed by atoms with Crippen LogP contribution in [-0.2, 0) is 6.42 Å². The fourth-order valence-corrected chi connectivity index (χ4v) is 3.33. The third kappa shape index (κ3) is 2.44. The van der Waals surface area contributed by atoms with Crippen LogP contribution in [0.3, 0.4) is 0 Å². The Bertz CT molecular complexity index is 673. The Morgan fingerprint density at radius 2 is 1.90 bits per heavy atom. The highest BCUT2D eigenvalue weighted by molar-refractivity contribution is 9.10. The Balaban J connectivity index is 2.08. The molecule has 0 aliphatic carbocycles. The number of para-hydroxylation sites is 1. The van der Waals surface area contributed by atoms with E-state index in [9.17, 15) is 0 Å². The summed E-state index contributed by atoms with van der Waals surface area (Å²) in [6.45, 7) is 1.02. The van der Waals surface area contributed by atoms with Crippen LogP contribution in [0.5, 0.6) is 0 Å². The molecule has 0 unspecified atom stereocenters. The zero-order chi connectivity index (χ0) is 13.9. The Labute approximate surface area is 127 Å². The van der Waals surface area contributed by atoms with E-state index in [1.165, 1.54) is 24.1 Å². The van der Waals surface area contributed by atoms with E-state index in [4.69, 9.17) is 5.26 Å². The summed E-state index contributed by atoms with van der Waals surface area (Å²) in [4.78, 5) is 2.35. The van der Waals surface area contributed by atoms with Crippen molar-refractivity contribution >= 4 is 27.3 Å². The largest absolute Gasteiger partial charge is 0.340 e. The second-order valence-electron chi connectivity index (χ2n) is 5.02. The quantitative estimate of drug-likeness (QED) is 0.752. The Hall–Kier alpha value is -1.79. The average Bonchev–Trinajstić information content (AvgIpc) is 2.69. The lowest BCUT2D eigenvalue weighted by atomic mass is 10.1. The van der Waals surface area contributed by atoms with E-state index in [0.29, 0.717) is 5.56 Å². The predicted molar refractivity (Wildman–Crippen MR) is 85.2 cm³/mol. The van der Waals surface area contributed by atoms with E-state index in [2.05, 4.69) is 51.2 Å². The molecule has 20 heavy (non-hydrogen) atoms. The number of rotatable bonds is 1. The molecule has 0 radical (unpaired) electrons. The van der Waals surface area contributed by atoms with Crippen molar-refractivity contribution in [2.24, 2.45) is 0 Å². The molecule has 1 heterocycles. The number of halogens is 1. The van der Waals surface area contributed by atoms with Crippen molar-refractivity contribution in [3.63, 3.8) is 0 Å². The lowest BCUT2D eigenvalue weighted by Crippen LogP contribution is -2.18. The lowest BCUT2D eigenvalue weighted by molar-refractivity contribution is 0.760. The summed E-state index contributed by atoms with van der Waals surface area (Å²) >= 11 is 3.61. The van der Waals surface area contributed by atoms with E-state index in [1.54, 1.807) is 0 Å². The highest BCUT2D eigenvalue weighted by Crippen LogP contribution is 2.36. The first-order chi connectivity index (χ1) is 9.79. The van der Waals surface area contributed by atoms with Crippen LogP contribution >= 0.6 is 15.9 Å². The second kappa shape index (κ2) is 5.68. The van der Waals surface area contributed by atoms with Crippen molar-refractivity contribution in [2.75, 3.05) is 11.4 Å². The summed E-state index contributed by atoms with van der Waals surface area (Å²) in [6.07, 6.45) is 3.54. The van der Waals surface area contributed by atoms with Gasteiger partial charge < -0.3 is 4.90 Å². The molecule has 0 N–H and O–H groups in total. The van der Waals surface area contributed by atoms with Gasteiger partial charge in [-0.2, -0.15) is 5.26 Å². The first-order valence-electron chi connectivity index (χ1n) is 6.84. The molecule has 3 heteroatoms. The fraction of sp³-hybridized carbons (Fsp3) is 0.235. The molecule has 1 aliphatic heterocycles. The van der Waals surface area contributed by atoms with E-state index >= 15 is 0 Å². The topological polar surface area (TPSA) is 27.0 Å². The number of hydrogen-bond acceptors (Lipinski definition) is 2. The van der Waals surface area contributed by atoms with Gasteiger partial charge in [0, 0.05) is 16.7 Å². The maximum absolute atomic E-state index is 8.98. The van der Waals surface area contributed by atoms with Gasteiger partial charge in [-0.1, -0.05) is 18.2 Å². The SMILES string of the molecule is N#Cc1ccc(N2CCCCc3ccccc32)c(Br)c1. The van der Waals surface area contributed by atoms with E-state index < -0.39 is 0 Å². The van der Waals surface area contributed by atoms with Gasteiger partial charge in [-0.05, 0) is 65.0 Å². The van der Waals surface area contributed by atoms with E-state index in [0.717, 1.165) is 23.1 Å². The van der Waals surface area contributed by atoms with Gasteiger partial charge >= 0.3 is 0 Å². The first-order valence-corrected chi connectivity index (χ1v) is 7.64. The molecule has 2 nitrogen and oxygen atoms in total. The van der Waals surface area contributed by atoms with Crippen LogP contribution in [0, 0.1) is 11.3 Å². The van der Waals surface area contributed by atoms with Crippen molar-refractivity contribution < 1.29 is 0 Å². The number of hydrogen-bond donors (Lipinski definition) is 0. The fourth-order valence-electron chi connectivity index (χ4n) is 2.74. The number of aryl methyl sites for hydroxylation is 1. The van der Waals surface area contributed by atoms with Gasteiger partial charge in [0.1, 0.15) is 0 Å². The summed E-state index contributed by atoms with van der Waals surface area (Å²) < 4.78 is 0.980. The Morgan fingerprint density at radius 1 is 1.05 bits per heavy atom. The maximum Gasteiger partial charge on any atom is 0.0992 e. The summed E-state index contributed by atoms with van der Waals surface area (Å²) in [6, 6.07) is 16.6. The Kier molecular flexibility index (Phi) is 3.75. The van der Waals surface area contributed by atoms with Crippen LogP contribution in [0.2, 0.25) is 0 Å². The molecule has 0 saturated carbocycles. The van der Waals surface area contributed by atoms with Gasteiger partial charge in [0.05, 0.1) is 17.3 Å². The molecule has 0 aromatic heterocycles. The molecule has 2 aromatic carbocycles. The molecule has 0 atom stereocenters. The minimum Gasteiger partial charge on any atom is -0.340 e. The number of anilines is 2. The van der Waals surface area contributed by atoms with Crippen LogP contribution < -0.4 is 4.90 Å². The van der Waals surface area contributed by atoms with Gasteiger partial charge in [0.2, 0.25) is 0 Å². The third-order valence-electron chi connectivity index (χ3n) is 3.73. The van der Waals surface area contributed by atoms with Gasteiger partial charge in [0.25, 0.3) is 0 Å². The van der Waals surface area contributed by atoms with Crippen LogP contribution in [0.25, 0.3) is 0 Å². The van der Waals surface area contributed by atoms with Crippen molar-refractivity contribution in [2.45, 2.75) is 19.3 Å². The molecule has 3 rings (SSSR count). The van der Waals surface area contributed by atoms with Gasteiger partial charge in [-0.3, -0.25) is 0 Å². The summed E-state index contributed by atoms with van der Waals surface area (Å²) in [5.41, 5.74) is 4.51. The molecule has 1 aliphatic rings. The van der Waals surface area contributed by atoms with Crippen molar-refractivity contribution in [3.05, 3.63) is 58.1 Å². The molecule has 0 fully saturated rings. The molecular weight excluding hydrogens is 312 g/mol. The highest BCUT2D eigenvalue weighted by atomic mass is 79.9. The summed E-state index contributed by atoms with van der Waals surface area (Å²) in [7, 11) is 0. The zero-order valence-electron chi connectivity index (χ0n) is 11.1. The smallest absolute Gasteiger partial charge is 0.0992 e. The maximum atomic E-state index is 8.98. The van der Waals surface area contributed by atoms with E-state index in [-0.39, 0.29) is 0 Å². The van der Waals surface area contributed by atoms with Crippen molar-refractivity contribution in [1.29, 1.82) is 5.26 Å². The molecule has 0 bridgehead atoms. The van der Waals surface area contributed by atoms with Crippen molar-refractivity contribution in [3.8, 4) is 6.07 Å². The molecule has 2 aromatic rings. The minimum absolute atomic E-state index is 0.684. The van der Waals surface area contributed by atoms with Gasteiger partial charge in [-0.25, -0.2) is 0 Å². The zero-order valence-corrected chi connectivity index (χ0v) is 12.7. The monoisotopic (exact) mass is 326 g/mol. The second-order valence-corrected chi connectivity index (χ2v) is 5.87. The molecular formula is C17H15BrN2. The molecule has 0 saturated heterocycles. The van der Waals surface area contributed by atoms with Gasteiger partial charge in [-0.15, -0.1) is 0 Å². The van der Waals surface area contributed by atoms with Crippen LogP contribution in [0.1, 0.15) is 24.0 Å². The molecule has 0 spiro atoms. The van der Waals surface area contributed by atoms with Gasteiger partial charge in [0.15, 0.2) is 0 Å². The number of nitrogens with zero attached hydrogens (tertiary/aromatic N) is 2. The number of fused-ring (bicyclic) bond motifs is 1. The van der Waals surface area contributed by atoms with Crippen LogP contribution in [-0.4, -0.2) is 6.54 Å². The summed E-state index contributed by atoms with van der Waals surface area (Å²) in [5, 5.41) is 8.98. The van der Waals surface area contributed by atoms with Crippen LogP contribution in [0.15, 0.2) is 46.9 Å². The Morgan fingerprint density at radius 3 is 2.70 bits per heavy atom. The number of nitriles is 1. The third-order valence-corrected chi connectivity index (χ3v) is 4.36. The number of benzene rings is 2. The minimum atomic E-state index is 0.684. The van der Waals surface area contributed by atoms with Crippen LogP contribution in [0.4, 0.5) is 11.4 Å². The van der Waals surface area contributed by atoms with Crippen molar-refractivity contribution in [1.82, 2.24) is 0 Å². The predicted octanol–water partition coefficient (Wildman–Crippen LogP) is 4.80. The molecule has 0 amide bonds. The average molecular weight is 327 g/mol.